The summed E-state index contributed by atoms with van der Waals surface area (Å²) in [7, 11) is 1.19. The monoisotopic (exact) mass is 236 g/mol. The van der Waals surface area contributed by atoms with Crippen molar-refractivity contribution in [3.63, 3.8) is 0 Å². The molecule has 0 fully saturated rings. The second kappa shape index (κ2) is 5.11. The van der Waals surface area contributed by atoms with Gasteiger partial charge in [0.2, 0.25) is 0 Å². The number of nitrogen functional groups attached to an aromatic ring is 1. The molecule has 1 rings (SSSR count). The first kappa shape index (κ1) is 12.7. The molecule has 0 aliphatic carbocycles. The minimum absolute atomic E-state index is 0.00481. The van der Waals surface area contributed by atoms with Crippen LogP contribution in [-0.2, 0) is 4.74 Å². The van der Waals surface area contributed by atoms with E-state index in [1.54, 1.807) is 19.1 Å². The van der Waals surface area contributed by atoms with Gasteiger partial charge in [-0.05, 0) is 18.6 Å². The van der Waals surface area contributed by atoms with E-state index < -0.39 is 10.9 Å². The SMILES string of the molecule is CC=Cc1cc(C(=O)OC)c(N)c([N+](=O)[O-])c1. The first-order valence-electron chi connectivity index (χ1n) is 4.80. The Bertz CT molecular complexity index is 494. The second-order valence-electron chi connectivity index (χ2n) is 3.25. The molecule has 0 atom stereocenters. The van der Waals surface area contributed by atoms with Gasteiger partial charge in [0.15, 0.2) is 0 Å². The third-order valence-electron chi connectivity index (χ3n) is 2.14. The van der Waals surface area contributed by atoms with Gasteiger partial charge in [-0.25, -0.2) is 4.79 Å². The van der Waals surface area contributed by atoms with Gasteiger partial charge in [-0.1, -0.05) is 12.2 Å². The number of methoxy groups -OCH3 is 1. The summed E-state index contributed by atoms with van der Waals surface area (Å²) in [5.74, 6) is -0.697. The highest BCUT2D eigenvalue weighted by Crippen LogP contribution is 2.28. The van der Waals surface area contributed by atoms with Crippen molar-refractivity contribution >= 4 is 23.4 Å². The predicted molar refractivity (Wildman–Crippen MR) is 63.6 cm³/mol. The molecule has 6 nitrogen and oxygen atoms in total. The van der Waals surface area contributed by atoms with Crippen LogP contribution in [0.3, 0.4) is 0 Å². The van der Waals surface area contributed by atoms with Crippen LogP contribution in [0.2, 0.25) is 0 Å². The fraction of sp³-hybridized carbons (Fsp3) is 0.182. The lowest BCUT2D eigenvalue weighted by Crippen LogP contribution is -2.08. The molecule has 1 aromatic carbocycles. The molecule has 0 heterocycles. The van der Waals surface area contributed by atoms with Gasteiger partial charge in [0.25, 0.3) is 5.69 Å². The van der Waals surface area contributed by atoms with Gasteiger partial charge in [-0.3, -0.25) is 10.1 Å². The van der Waals surface area contributed by atoms with E-state index in [1.165, 1.54) is 19.2 Å². The van der Waals surface area contributed by atoms with Crippen LogP contribution in [0, 0.1) is 10.1 Å². The van der Waals surface area contributed by atoms with Gasteiger partial charge in [0.1, 0.15) is 5.69 Å². The van der Waals surface area contributed by atoms with Gasteiger partial charge in [-0.15, -0.1) is 0 Å². The van der Waals surface area contributed by atoms with Crippen LogP contribution in [-0.4, -0.2) is 18.0 Å². The maximum Gasteiger partial charge on any atom is 0.340 e. The normalized spacial score (nSPS) is 10.5. The summed E-state index contributed by atoms with van der Waals surface area (Å²) in [5.41, 5.74) is 5.59. The molecule has 0 aromatic heterocycles. The predicted octanol–water partition coefficient (Wildman–Crippen LogP) is 2.00. The Morgan fingerprint density at radius 3 is 2.65 bits per heavy atom. The number of esters is 1. The number of anilines is 1. The maximum absolute atomic E-state index is 11.4. The van der Waals surface area contributed by atoms with E-state index in [2.05, 4.69) is 4.74 Å². The molecule has 0 spiro atoms. The summed E-state index contributed by atoms with van der Waals surface area (Å²) in [6.45, 7) is 1.76. The Hall–Kier alpha value is -2.37. The Labute approximate surface area is 97.8 Å². The van der Waals surface area contributed by atoms with E-state index in [-0.39, 0.29) is 16.9 Å². The molecule has 6 heteroatoms. The Morgan fingerprint density at radius 2 is 2.18 bits per heavy atom. The first-order chi connectivity index (χ1) is 8.01. The molecule has 0 unspecified atom stereocenters. The number of carbonyl (C=O) groups excluding carboxylic acids is 1. The van der Waals surface area contributed by atoms with Crippen LogP contribution in [0.4, 0.5) is 11.4 Å². The lowest BCUT2D eigenvalue weighted by Gasteiger charge is -2.06. The van der Waals surface area contributed by atoms with Crippen molar-refractivity contribution in [1.82, 2.24) is 0 Å². The molecule has 0 amide bonds. The zero-order chi connectivity index (χ0) is 13.0. The molecule has 0 aliphatic heterocycles. The number of rotatable bonds is 3. The molecule has 17 heavy (non-hydrogen) atoms. The molecule has 2 N–H and O–H groups in total. The number of benzene rings is 1. The summed E-state index contributed by atoms with van der Waals surface area (Å²) in [6, 6.07) is 2.76. The van der Waals surface area contributed by atoms with Crippen LogP contribution in [0.5, 0.6) is 0 Å². The Kier molecular flexibility index (Phi) is 3.82. The lowest BCUT2D eigenvalue weighted by molar-refractivity contribution is -0.383. The quantitative estimate of drug-likeness (QED) is 0.374. The number of ether oxygens (including phenoxy) is 1. The van der Waals surface area contributed by atoms with Crippen LogP contribution in [0.1, 0.15) is 22.8 Å². The third kappa shape index (κ3) is 2.60. The molecular formula is C11H12N2O4. The minimum atomic E-state index is -0.697. The van der Waals surface area contributed by atoms with E-state index in [4.69, 9.17) is 5.73 Å². The molecule has 0 bridgehead atoms. The molecule has 0 saturated heterocycles. The number of carbonyl (C=O) groups is 1. The summed E-state index contributed by atoms with van der Waals surface area (Å²) in [6.07, 6.45) is 3.34. The van der Waals surface area contributed by atoms with E-state index in [0.717, 1.165) is 0 Å². The fourth-order valence-electron chi connectivity index (χ4n) is 1.38. The van der Waals surface area contributed by atoms with Crippen molar-refractivity contribution in [3.05, 3.63) is 39.4 Å². The molecule has 0 radical (unpaired) electrons. The first-order valence-corrected chi connectivity index (χ1v) is 4.80. The third-order valence-corrected chi connectivity index (χ3v) is 2.14. The van der Waals surface area contributed by atoms with Gasteiger partial charge < -0.3 is 10.5 Å². The molecule has 0 saturated carbocycles. The maximum atomic E-state index is 11.4. The molecular weight excluding hydrogens is 224 g/mol. The van der Waals surface area contributed by atoms with Crippen molar-refractivity contribution in [2.75, 3.05) is 12.8 Å². The number of nitro benzene ring substituents is 1. The number of nitrogens with two attached hydrogens (primary N) is 1. The zero-order valence-corrected chi connectivity index (χ0v) is 9.47. The van der Waals surface area contributed by atoms with Crippen LogP contribution >= 0.6 is 0 Å². The average molecular weight is 236 g/mol. The van der Waals surface area contributed by atoms with Crippen LogP contribution < -0.4 is 5.73 Å². The molecule has 0 aliphatic rings. The smallest absolute Gasteiger partial charge is 0.340 e. The second-order valence-corrected chi connectivity index (χ2v) is 3.25. The number of hydrogen-bond donors (Lipinski definition) is 1. The highest BCUT2D eigenvalue weighted by Gasteiger charge is 2.21. The van der Waals surface area contributed by atoms with Crippen molar-refractivity contribution in [2.24, 2.45) is 0 Å². The summed E-state index contributed by atoms with van der Waals surface area (Å²) >= 11 is 0. The number of nitro groups is 1. The highest BCUT2D eigenvalue weighted by atomic mass is 16.6. The Balaban J connectivity index is 3.48. The van der Waals surface area contributed by atoms with Gasteiger partial charge >= 0.3 is 5.97 Å². The highest BCUT2D eigenvalue weighted by molar-refractivity contribution is 5.98. The van der Waals surface area contributed by atoms with Gasteiger partial charge in [0.05, 0.1) is 17.6 Å². The summed E-state index contributed by atoms with van der Waals surface area (Å²) in [5, 5.41) is 10.8. The van der Waals surface area contributed by atoms with E-state index in [0.29, 0.717) is 5.56 Å². The number of nitrogens with zero attached hydrogens (tertiary/aromatic N) is 1. The van der Waals surface area contributed by atoms with Crippen molar-refractivity contribution in [2.45, 2.75) is 6.92 Å². The molecule has 90 valence electrons. The summed E-state index contributed by atoms with van der Waals surface area (Å²) < 4.78 is 4.52. The van der Waals surface area contributed by atoms with E-state index in [1.807, 2.05) is 0 Å². The standard InChI is InChI=1S/C11H12N2O4/c1-3-4-7-5-8(11(14)17-2)10(12)9(6-7)13(15)16/h3-6H,12H2,1-2H3. The Morgan fingerprint density at radius 1 is 1.53 bits per heavy atom. The van der Waals surface area contributed by atoms with Gasteiger partial charge in [0, 0.05) is 6.07 Å². The average Bonchev–Trinajstić information content (AvgIpc) is 2.30. The van der Waals surface area contributed by atoms with Crippen molar-refractivity contribution in [3.8, 4) is 0 Å². The molecule has 1 aromatic rings. The number of allylic oxidation sites excluding steroid dienone is 1. The van der Waals surface area contributed by atoms with Crippen LogP contribution in [0.15, 0.2) is 18.2 Å². The van der Waals surface area contributed by atoms with Gasteiger partial charge in [-0.2, -0.15) is 0 Å². The number of hydrogen-bond acceptors (Lipinski definition) is 5. The topological polar surface area (TPSA) is 95.5 Å². The largest absolute Gasteiger partial charge is 0.465 e. The van der Waals surface area contributed by atoms with Crippen LogP contribution in [0.25, 0.3) is 6.08 Å². The minimum Gasteiger partial charge on any atom is -0.465 e. The van der Waals surface area contributed by atoms with Crippen molar-refractivity contribution in [1.29, 1.82) is 0 Å². The fourth-order valence-corrected chi connectivity index (χ4v) is 1.38. The summed E-state index contributed by atoms with van der Waals surface area (Å²) in [4.78, 5) is 21.6. The lowest BCUT2D eigenvalue weighted by atomic mass is 10.1. The van der Waals surface area contributed by atoms with Crippen molar-refractivity contribution < 1.29 is 14.5 Å². The van der Waals surface area contributed by atoms with E-state index in [9.17, 15) is 14.9 Å². The zero-order valence-electron chi connectivity index (χ0n) is 9.47. The van der Waals surface area contributed by atoms with E-state index >= 15 is 0 Å².